The second kappa shape index (κ2) is 3.23. The zero-order valence-corrected chi connectivity index (χ0v) is 7.28. The third kappa shape index (κ3) is 1.64. The first kappa shape index (κ1) is 9.19. The van der Waals surface area contributed by atoms with Crippen molar-refractivity contribution in [3.63, 3.8) is 0 Å². The highest BCUT2D eigenvalue weighted by molar-refractivity contribution is 6.02. The molecule has 1 saturated heterocycles. The van der Waals surface area contributed by atoms with Crippen LogP contribution in [0.1, 0.15) is 26.7 Å². The molecule has 1 heterocycles. The van der Waals surface area contributed by atoms with E-state index in [1.807, 2.05) is 13.8 Å². The number of amides is 2. The molecule has 1 aliphatic heterocycles. The first-order chi connectivity index (χ1) is 5.52. The van der Waals surface area contributed by atoms with Crippen molar-refractivity contribution in [2.45, 2.75) is 26.7 Å². The highest BCUT2D eigenvalue weighted by atomic mass is 16.5. The molecule has 12 heavy (non-hydrogen) atoms. The van der Waals surface area contributed by atoms with E-state index in [2.05, 4.69) is 0 Å². The minimum atomic E-state index is -0.481. The molecule has 2 amide bonds. The number of hydroxylamine groups is 2. The zero-order valence-electron chi connectivity index (χ0n) is 7.28. The van der Waals surface area contributed by atoms with Crippen LogP contribution in [0.2, 0.25) is 0 Å². The SMILES string of the molecule is CC(C)CC1CC(=O)N(O)C1=O. The van der Waals surface area contributed by atoms with Crippen molar-refractivity contribution in [1.82, 2.24) is 5.06 Å². The normalized spacial score (nSPS) is 24.3. The van der Waals surface area contributed by atoms with Crippen molar-refractivity contribution < 1.29 is 14.8 Å². The Morgan fingerprint density at radius 2 is 2.17 bits per heavy atom. The molecule has 68 valence electrons. The lowest BCUT2D eigenvalue weighted by Gasteiger charge is -2.09. The van der Waals surface area contributed by atoms with Gasteiger partial charge < -0.3 is 0 Å². The molecule has 0 bridgehead atoms. The van der Waals surface area contributed by atoms with Crippen LogP contribution in [0.15, 0.2) is 0 Å². The number of imide groups is 1. The molecule has 1 atom stereocenters. The second-order valence-corrected chi connectivity index (χ2v) is 3.57. The molecule has 0 spiro atoms. The maximum absolute atomic E-state index is 11.1. The van der Waals surface area contributed by atoms with Gasteiger partial charge in [-0.05, 0) is 12.3 Å². The molecule has 1 rings (SSSR count). The summed E-state index contributed by atoms with van der Waals surface area (Å²) in [7, 11) is 0. The van der Waals surface area contributed by atoms with E-state index in [0.717, 1.165) is 0 Å². The summed E-state index contributed by atoms with van der Waals surface area (Å²) in [6.45, 7) is 3.97. The number of hydrogen-bond acceptors (Lipinski definition) is 3. The predicted octanol–water partition coefficient (Wildman–Crippen LogP) is 0.797. The molecule has 0 radical (unpaired) electrons. The van der Waals surface area contributed by atoms with E-state index >= 15 is 0 Å². The van der Waals surface area contributed by atoms with Crippen molar-refractivity contribution in [1.29, 1.82) is 0 Å². The van der Waals surface area contributed by atoms with Gasteiger partial charge in [0.1, 0.15) is 0 Å². The van der Waals surface area contributed by atoms with E-state index in [-0.39, 0.29) is 17.4 Å². The molecule has 0 aromatic carbocycles. The molecular weight excluding hydrogens is 158 g/mol. The molecule has 4 heteroatoms. The minimum Gasteiger partial charge on any atom is -0.279 e. The Morgan fingerprint density at radius 1 is 1.58 bits per heavy atom. The molecule has 0 aliphatic carbocycles. The summed E-state index contributed by atoms with van der Waals surface area (Å²) in [5, 5.41) is 9.13. The lowest BCUT2D eigenvalue weighted by atomic mass is 9.96. The Bertz CT molecular complexity index is 212. The van der Waals surface area contributed by atoms with Crippen molar-refractivity contribution >= 4 is 11.8 Å². The van der Waals surface area contributed by atoms with Gasteiger partial charge in [0, 0.05) is 12.3 Å². The van der Waals surface area contributed by atoms with Gasteiger partial charge in [-0.3, -0.25) is 14.8 Å². The van der Waals surface area contributed by atoms with E-state index in [1.54, 1.807) is 0 Å². The van der Waals surface area contributed by atoms with Crippen molar-refractivity contribution in [2.24, 2.45) is 11.8 Å². The average Bonchev–Trinajstić information content (AvgIpc) is 2.17. The summed E-state index contributed by atoms with van der Waals surface area (Å²) in [5.41, 5.74) is 0. The second-order valence-electron chi connectivity index (χ2n) is 3.57. The molecule has 1 aliphatic rings. The van der Waals surface area contributed by atoms with E-state index in [4.69, 9.17) is 5.21 Å². The van der Waals surface area contributed by atoms with E-state index in [1.165, 1.54) is 0 Å². The van der Waals surface area contributed by atoms with Crippen LogP contribution in [-0.2, 0) is 9.59 Å². The molecule has 0 aromatic heterocycles. The Kier molecular flexibility index (Phi) is 2.47. The minimum absolute atomic E-state index is 0.160. The first-order valence-electron chi connectivity index (χ1n) is 4.08. The van der Waals surface area contributed by atoms with Crippen LogP contribution in [0.4, 0.5) is 0 Å². The van der Waals surface area contributed by atoms with Gasteiger partial charge in [0.05, 0.1) is 0 Å². The number of hydrogen-bond donors (Lipinski definition) is 1. The summed E-state index contributed by atoms with van der Waals surface area (Å²) < 4.78 is 0. The largest absolute Gasteiger partial charge is 0.279 e. The van der Waals surface area contributed by atoms with Crippen LogP contribution in [0.3, 0.4) is 0 Å². The quantitative estimate of drug-likeness (QED) is 0.493. The van der Waals surface area contributed by atoms with Crippen LogP contribution in [0, 0.1) is 11.8 Å². The van der Waals surface area contributed by atoms with Gasteiger partial charge in [-0.25, -0.2) is 0 Å². The fourth-order valence-corrected chi connectivity index (χ4v) is 1.43. The van der Waals surface area contributed by atoms with E-state index in [9.17, 15) is 9.59 Å². The van der Waals surface area contributed by atoms with Gasteiger partial charge >= 0.3 is 0 Å². The fraction of sp³-hybridized carbons (Fsp3) is 0.750. The highest BCUT2D eigenvalue weighted by Gasteiger charge is 2.37. The average molecular weight is 171 g/mol. The van der Waals surface area contributed by atoms with Gasteiger partial charge in [-0.2, -0.15) is 5.06 Å². The maximum atomic E-state index is 11.1. The highest BCUT2D eigenvalue weighted by Crippen LogP contribution is 2.24. The summed E-state index contributed by atoms with van der Waals surface area (Å²) >= 11 is 0. The van der Waals surface area contributed by atoms with Gasteiger partial charge in [0.2, 0.25) is 0 Å². The van der Waals surface area contributed by atoms with Gasteiger partial charge in [-0.15, -0.1) is 0 Å². The lowest BCUT2D eigenvalue weighted by molar-refractivity contribution is -0.172. The predicted molar refractivity (Wildman–Crippen MR) is 41.2 cm³/mol. The van der Waals surface area contributed by atoms with Gasteiger partial charge in [0.15, 0.2) is 0 Å². The summed E-state index contributed by atoms with van der Waals surface area (Å²) in [5.74, 6) is -0.861. The Labute approximate surface area is 71.1 Å². The Morgan fingerprint density at radius 3 is 2.50 bits per heavy atom. The molecule has 1 N–H and O–H groups in total. The topological polar surface area (TPSA) is 57.6 Å². The summed E-state index contributed by atoms with van der Waals surface area (Å²) in [6, 6.07) is 0. The smallest absolute Gasteiger partial charge is 0.256 e. The Balaban J connectivity index is 2.59. The Hall–Kier alpha value is -0.900. The molecule has 4 nitrogen and oxygen atoms in total. The van der Waals surface area contributed by atoms with Crippen LogP contribution in [-0.4, -0.2) is 22.1 Å². The van der Waals surface area contributed by atoms with E-state index < -0.39 is 11.8 Å². The maximum Gasteiger partial charge on any atom is 0.256 e. The molecular formula is C8H13NO3. The molecule has 0 aromatic rings. The van der Waals surface area contributed by atoms with Crippen LogP contribution in [0.5, 0.6) is 0 Å². The number of nitrogens with zero attached hydrogens (tertiary/aromatic N) is 1. The number of rotatable bonds is 2. The molecule has 1 unspecified atom stereocenters. The van der Waals surface area contributed by atoms with Crippen LogP contribution in [0.25, 0.3) is 0 Å². The fourth-order valence-electron chi connectivity index (χ4n) is 1.43. The number of carbonyl (C=O) groups is 2. The van der Waals surface area contributed by atoms with Crippen molar-refractivity contribution in [2.75, 3.05) is 0 Å². The van der Waals surface area contributed by atoms with Crippen molar-refractivity contribution in [3.05, 3.63) is 0 Å². The van der Waals surface area contributed by atoms with E-state index in [0.29, 0.717) is 12.3 Å². The molecule has 1 fully saturated rings. The third-order valence-electron chi connectivity index (χ3n) is 1.97. The van der Waals surface area contributed by atoms with Gasteiger partial charge in [-0.1, -0.05) is 13.8 Å². The molecule has 0 saturated carbocycles. The van der Waals surface area contributed by atoms with Gasteiger partial charge in [0.25, 0.3) is 11.8 Å². The third-order valence-corrected chi connectivity index (χ3v) is 1.97. The first-order valence-corrected chi connectivity index (χ1v) is 4.08. The zero-order chi connectivity index (χ0) is 9.30. The van der Waals surface area contributed by atoms with Crippen LogP contribution >= 0.6 is 0 Å². The van der Waals surface area contributed by atoms with Crippen LogP contribution < -0.4 is 0 Å². The standard InChI is InChI=1S/C8H13NO3/c1-5(2)3-6-4-7(10)9(12)8(6)11/h5-6,12H,3-4H2,1-2H3. The summed E-state index contributed by atoms with van der Waals surface area (Å²) in [4.78, 5) is 21.9. The summed E-state index contributed by atoms with van der Waals surface area (Å²) in [6.07, 6.45) is 0.829. The van der Waals surface area contributed by atoms with Crippen molar-refractivity contribution in [3.8, 4) is 0 Å². The monoisotopic (exact) mass is 171 g/mol. The number of carbonyl (C=O) groups excluding carboxylic acids is 2. The lowest BCUT2D eigenvalue weighted by Crippen LogP contribution is -2.26.